The van der Waals surface area contributed by atoms with Gasteiger partial charge in [-0.3, -0.25) is 0 Å². The molecule has 2 unspecified atom stereocenters. The summed E-state index contributed by atoms with van der Waals surface area (Å²) >= 11 is 7.02. The van der Waals surface area contributed by atoms with Crippen LogP contribution in [0.25, 0.3) is 0 Å². The maximum atomic E-state index is 5.88. The largest absolute Gasteiger partial charge is 0.349 e. The van der Waals surface area contributed by atoms with Crippen molar-refractivity contribution < 1.29 is 0 Å². The van der Waals surface area contributed by atoms with Gasteiger partial charge in [0.1, 0.15) is 5.82 Å². The molecule has 1 fully saturated rings. The van der Waals surface area contributed by atoms with Gasteiger partial charge in [0, 0.05) is 29.3 Å². The van der Waals surface area contributed by atoms with Crippen molar-refractivity contribution in [1.82, 2.24) is 4.98 Å². The van der Waals surface area contributed by atoms with E-state index in [4.69, 9.17) is 5.73 Å². The molecule has 94 valence electrons. The van der Waals surface area contributed by atoms with Gasteiger partial charge in [0.15, 0.2) is 0 Å². The van der Waals surface area contributed by atoms with Crippen molar-refractivity contribution in [2.24, 2.45) is 5.73 Å². The minimum Gasteiger partial charge on any atom is -0.349 e. The van der Waals surface area contributed by atoms with E-state index in [0.717, 1.165) is 21.2 Å². The normalized spacial score (nSPS) is 25.1. The summed E-state index contributed by atoms with van der Waals surface area (Å²) in [5.41, 5.74) is 5.88. The lowest BCUT2D eigenvalue weighted by Gasteiger charge is -2.41. The summed E-state index contributed by atoms with van der Waals surface area (Å²) in [4.78, 5) is 6.89. The number of rotatable bonds is 2. The van der Waals surface area contributed by atoms with Crippen molar-refractivity contribution in [2.75, 3.05) is 11.4 Å². The van der Waals surface area contributed by atoms with Crippen molar-refractivity contribution in [3.63, 3.8) is 0 Å². The summed E-state index contributed by atoms with van der Waals surface area (Å²) in [6, 6.07) is 2.95. The minimum atomic E-state index is 0.406. The predicted octanol–water partition coefficient (Wildman–Crippen LogP) is 3.31. The molecule has 1 aliphatic heterocycles. The number of pyridine rings is 1. The molecular formula is C12H17Br2N3. The first-order valence-electron chi connectivity index (χ1n) is 5.93. The molecule has 0 aromatic carbocycles. The van der Waals surface area contributed by atoms with Gasteiger partial charge >= 0.3 is 0 Å². The Morgan fingerprint density at radius 1 is 1.47 bits per heavy atom. The molecule has 0 aliphatic carbocycles. The van der Waals surface area contributed by atoms with Crippen LogP contribution in [0.15, 0.2) is 21.2 Å². The summed E-state index contributed by atoms with van der Waals surface area (Å²) in [7, 11) is 0. The van der Waals surface area contributed by atoms with Gasteiger partial charge in [-0.05, 0) is 64.1 Å². The van der Waals surface area contributed by atoms with Crippen molar-refractivity contribution in [3.8, 4) is 0 Å². The van der Waals surface area contributed by atoms with Crippen molar-refractivity contribution in [2.45, 2.75) is 38.3 Å². The number of hydrogen-bond acceptors (Lipinski definition) is 3. The number of piperidine rings is 1. The van der Waals surface area contributed by atoms with Gasteiger partial charge in [-0.1, -0.05) is 0 Å². The van der Waals surface area contributed by atoms with Crippen LogP contribution in [0, 0.1) is 0 Å². The SMILES string of the molecule is CC1CCCC(CN)N1c1ncc(Br)cc1Br. The van der Waals surface area contributed by atoms with E-state index in [1.165, 1.54) is 12.8 Å². The smallest absolute Gasteiger partial charge is 0.143 e. The maximum absolute atomic E-state index is 5.88. The monoisotopic (exact) mass is 361 g/mol. The van der Waals surface area contributed by atoms with E-state index in [9.17, 15) is 0 Å². The highest BCUT2D eigenvalue weighted by Crippen LogP contribution is 2.33. The first-order valence-corrected chi connectivity index (χ1v) is 7.51. The molecule has 1 aromatic heterocycles. The second-order valence-electron chi connectivity index (χ2n) is 4.54. The number of halogens is 2. The topological polar surface area (TPSA) is 42.1 Å². The molecule has 1 aromatic rings. The summed E-state index contributed by atoms with van der Waals surface area (Å²) < 4.78 is 2.01. The zero-order chi connectivity index (χ0) is 12.4. The van der Waals surface area contributed by atoms with Crippen LogP contribution in [0.4, 0.5) is 5.82 Å². The predicted molar refractivity (Wildman–Crippen MR) is 78.3 cm³/mol. The first kappa shape index (κ1) is 13.3. The lowest BCUT2D eigenvalue weighted by atomic mass is 9.96. The summed E-state index contributed by atoms with van der Waals surface area (Å²) in [5, 5.41) is 0. The number of aromatic nitrogens is 1. The highest BCUT2D eigenvalue weighted by atomic mass is 79.9. The number of hydrogen-bond donors (Lipinski definition) is 1. The van der Waals surface area contributed by atoms with Crippen molar-refractivity contribution >= 4 is 37.7 Å². The van der Waals surface area contributed by atoms with E-state index >= 15 is 0 Å². The van der Waals surface area contributed by atoms with Crippen LogP contribution in [-0.4, -0.2) is 23.6 Å². The third kappa shape index (κ3) is 2.83. The number of anilines is 1. The molecular weight excluding hydrogens is 346 g/mol. The Labute approximate surface area is 119 Å². The fourth-order valence-electron chi connectivity index (χ4n) is 2.50. The van der Waals surface area contributed by atoms with E-state index in [0.29, 0.717) is 18.6 Å². The zero-order valence-electron chi connectivity index (χ0n) is 9.87. The molecule has 0 radical (unpaired) electrons. The van der Waals surface area contributed by atoms with E-state index in [2.05, 4.69) is 48.7 Å². The molecule has 3 nitrogen and oxygen atoms in total. The minimum absolute atomic E-state index is 0.406. The molecule has 2 heterocycles. The van der Waals surface area contributed by atoms with Gasteiger partial charge in [0.25, 0.3) is 0 Å². The average molecular weight is 363 g/mol. The van der Waals surface area contributed by atoms with Gasteiger partial charge < -0.3 is 10.6 Å². The van der Waals surface area contributed by atoms with Crippen molar-refractivity contribution in [1.29, 1.82) is 0 Å². The Bertz CT molecular complexity index is 397. The Morgan fingerprint density at radius 2 is 2.24 bits per heavy atom. The second-order valence-corrected chi connectivity index (χ2v) is 6.31. The highest BCUT2D eigenvalue weighted by Gasteiger charge is 2.29. The van der Waals surface area contributed by atoms with Gasteiger partial charge in [-0.15, -0.1) is 0 Å². The van der Waals surface area contributed by atoms with Crippen LogP contribution in [0.1, 0.15) is 26.2 Å². The van der Waals surface area contributed by atoms with Crippen molar-refractivity contribution in [3.05, 3.63) is 21.2 Å². The van der Waals surface area contributed by atoms with E-state index in [1.807, 2.05) is 12.3 Å². The Kier molecular flexibility index (Phi) is 4.44. The van der Waals surface area contributed by atoms with Crippen LogP contribution in [0.5, 0.6) is 0 Å². The fraction of sp³-hybridized carbons (Fsp3) is 0.583. The molecule has 2 atom stereocenters. The summed E-state index contributed by atoms with van der Waals surface area (Å²) in [5.74, 6) is 1.01. The third-order valence-electron chi connectivity index (χ3n) is 3.33. The second kappa shape index (κ2) is 5.67. The molecule has 2 N–H and O–H groups in total. The van der Waals surface area contributed by atoms with Gasteiger partial charge in [-0.2, -0.15) is 0 Å². The van der Waals surface area contributed by atoms with Crippen LogP contribution in [-0.2, 0) is 0 Å². The van der Waals surface area contributed by atoms with Crippen LogP contribution in [0.3, 0.4) is 0 Å². The summed E-state index contributed by atoms with van der Waals surface area (Å²) in [6.45, 7) is 2.94. The maximum Gasteiger partial charge on any atom is 0.143 e. The Morgan fingerprint density at radius 3 is 2.88 bits per heavy atom. The van der Waals surface area contributed by atoms with Gasteiger partial charge in [-0.25, -0.2) is 4.98 Å². The fourth-order valence-corrected chi connectivity index (χ4v) is 3.69. The van der Waals surface area contributed by atoms with Gasteiger partial charge in [0.05, 0.1) is 4.47 Å². The molecule has 17 heavy (non-hydrogen) atoms. The third-order valence-corrected chi connectivity index (χ3v) is 4.35. The number of nitrogens with two attached hydrogens (primary N) is 1. The van der Waals surface area contributed by atoms with Crippen LogP contribution in [0.2, 0.25) is 0 Å². The molecule has 0 bridgehead atoms. The molecule has 1 saturated heterocycles. The number of nitrogens with zero attached hydrogens (tertiary/aromatic N) is 2. The van der Waals surface area contributed by atoms with Crippen LogP contribution < -0.4 is 10.6 Å². The highest BCUT2D eigenvalue weighted by molar-refractivity contribution is 9.11. The molecule has 2 rings (SSSR count). The standard InChI is InChI=1S/C12H17Br2N3/c1-8-3-2-4-10(6-15)17(8)12-11(14)5-9(13)7-16-12/h5,7-8,10H,2-4,6,15H2,1H3. The molecule has 0 saturated carbocycles. The molecule has 5 heteroatoms. The Balaban J connectivity index is 2.34. The first-order chi connectivity index (χ1) is 8.13. The zero-order valence-corrected chi connectivity index (χ0v) is 13.0. The average Bonchev–Trinajstić information content (AvgIpc) is 2.30. The van der Waals surface area contributed by atoms with Gasteiger partial charge in [0.2, 0.25) is 0 Å². The molecule has 0 amide bonds. The van der Waals surface area contributed by atoms with E-state index in [-0.39, 0.29) is 0 Å². The summed E-state index contributed by atoms with van der Waals surface area (Å²) in [6.07, 6.45) is 5.47. The lowest BCUT2D eigenvalue weighted by molar-refractivity contribution is 0.397. The quantitative estimate of drug-likeness (QED) is 0.877. The molecule has 1 aliphatic rings. The van der Waals surface area contributed by atoms with E-state index < -0.39 is 0 Å². The Hall–Kier alpha value is -0.130. The lowest BCUT2D eigenvalue weighted by Crippen LogP contribution is -2.49. The van der Waals surface area contributed by atoms with Crippen LogP contribution >= 0.6 is 31.9 Å². The molecule has 0 spiro atoms. The van der Waals surface area contributed by atoms with E-state index in [1.54, 1.807) is 0 Å².